The summed E-state index contributed by atoms with van der Waals surface area (Å²) in [6, 6.07) is 6.91. The van der Waals surface area contributed by atoms with Crippen LogP contribution in [0.4, 0.5) is 0 Å². The number of esters is 1. The summed E-state index contributed by atoms with van der Waals surface area (Å²) in [5.74, 6) is 0.109. The molecule has 23 heavy (non-hydrogen) atoms. The van der Waals surface area contributed by atoms with E-state index in [1.165, 1.54) is 13.4 Å². The van der Waals surface area contributed by atoms with Crippen molar-refractivity contribution >= 4 is 22.6 Å². The van der Waals surface area contributed by atoms with Crippen molar-refractivity contribution in [2.75, 3.05) is 13.4 Å². The van der Waals surface area contributed by atoms with E-state index in [1.54, 1.807) is 30.3 Å². The smallest absolute Gasteiger partial charge is 0.373 e. The zero-order valence-electron chi connectivity index (χ0n) is 13.8. The monoisotopic (exact) mass is 338 g/mol. The molecular weight excluding hydrogens is 316 g/mol. The number of rotatable bonds is 8. The van der Waals surface area contributed by atoms with E-state index < -0.39 is 17.0 Å². The van der Waals surface area contributed by atoms with Gasteiger partial charge in [-0.25, -0.2) is 9.00 Å². The Morgan fingerprint density at radius 1 is 1.30 bits per heavy atom. The SMILES string of the molecule is C=CC/C(=C(/OC(C)C)C(=O)OC)c1ccc(OS(C)=O)cc1. The van der Waals surface area contributed by atoms with E-state index in [-0.39, 0.29) is 11.9 Å². The average Bonchev–Trinajstić information content (AvgIpc) is 2.50. The highest BCUT2D eigenvalue weighted by Gasteiger charge is 2.20. The molecule has 1 aromatic rings. The molecule has 0 aromatic heterocycles. The summed E-state index contributed by atoms with van der Waals surface area (Å²) in [7, 11) is 1.31. The van der Waals surface area contributed by atoms with Crippen molar-refractivity contribution in [3.05, 3.63) is 48.2 Å². The lowest BCUT2D eigenvalue weighted by Crippen LogP contribution is -2.15. The first-order valence-electron chi connectivity index (χ1n) is 7.10. The fourth-order valence-electron chi connectivity index (χ4n) is 1.90. The first-order chi connectivity index (χ1) is 10.9. The quantitative estimate of drug-likeness (QED) is 0.315. The molecule has 0 aliphatic carbocycles. The molecule has 0 N–H and O–H groups in total. The van der Waals surface area contributed by atoms with E-state index >= 15 is 0 Å². The van der Waals surface area contributed by atoms with Gasteiger partial charge in [-0.2, -0.15) is 0 Å². The van der Waals surface area contributed by atoms with Crippen LogP contribution in [-0.4, -0.2) is 29.6 Å². The fourth-order valence-corrected chi connectivity index (χ4v) is 2.29. The van der Waals surface area contributed by atoms with Gasteiger partial charge in [0.25, 0.3) is 0 Å². The zero-order valence-corrected chi connectivity index (χ0v) is 14.6. The van der Waals surface area contributed by atoms with E-state index in [0.29, 0.717) is 17.7 Å². The lowest BCUT2D eigenvalue weighted by Gasteiger charge is -2.17. The average molecular weight is 338 g/mol. The molecule has 1 unspecified atom stereocenters. The minimum absolute atomic E-state index is 0.162. The summed E-state index contributed by atoms with van der Waals surface area (Å²) in [6.07, 6.45) is 3.40. The maximum Gasteiger partial charge on any atom is 0.373 e. The first-order valence-corrected chi connectivity index (χ1v) is 8.58. The first kappa shape index (κ1) is 19.0. The minimum atomic E-state index is -1.39. The number of carbonyl (C=O) groups excluding carboxylic acids is 1. The van der Waals surface area contributed by atoms with Crippen LogP contribution in [-0.2, 0) is 25.3 Å². The predicted molar refractivity (Wildman–Crippen MR) is 91.1 cm³/mol. The van der Waals surface area contributed by atoms with Crippen molar-refractivity contribution in [2.24, 2.45) is 0 Å². The number of ether oxygens (including phenoxy) is 2. The summed E-state index contributed by atoms with van der Waals surface area (Å²) in [5.41, 5.74) is 1.45. The molecule has 0 aliphatic rings. The molecule has 1 atom stereocenters. The Morgan fingerprint density at radius 2 is 1.91 bits per heavy atom. The summed E-state index contributed by atoms with van der Waals surface area (Å²) in [6.45, 7) is 7.39. The van der Waals surface area contributed by atoms with E-state index in [2.05, 4.69) is 6.58 Å². The minimum Gasteiger partial charge on any atom is -0.484 e. The third-order valence-corrected chi connectivity index (χ3v) is 3.19. The standard InChI is InChI=1S/C17H22O5S/c1-6-7-15(16(17(18)20-4)21-12(2)3)13-8-10-14(11-9-13)22-23(5)19/h6,8-12H,1,7H2,2-5H3/b16-15-. The second kappa shape index (κ2) is 9.15. The second-order valence-electron chi connectivity index (χ2n) is 4.97. The molecule has 0 heterocycles. The van der Waals surface area contributed by atoms with Crippen LogP contribution in [0.15, 0.2) is 42.7 Å². The molecule has 1 aromatic carbocycles. The molecule has 0 aliphatic heterocycles. The van der Waals surface area contributed by atoms with Crippen LogP contribution in [0.2, 0.25) is 0 Å². The number of hydrogen-bond donors (Lipinski definition) is 0. The topological polar surface area (TPSA) is 61.8 Å². The van der Waals surface area contributed by atoms with Crippen LogP contribution in [0.25, 0.3) is 5.57 Å². The molecule has 0 saturated heterocycles. The second-order valence-corrected chi connectivity index (χ2v) is 5.94. The number of methoxy groups -OCH3 is 1. The van der Waals surface area contributed by atoms with E-state index in [0.717, 1.165) is 5.56 Å². The molecule has 0 radical (unpaired) electrons. The Morgan fingerprint density at radius 3 is 2.35 bits per heavy atom. The van der Waals surface area contributed by atoms with Gasteiger partial charge >= 0.3 is 5.97 Å². The van der Waals surface area contributed by atoms with Crippen LogP contribution in [0.1, 0.15) is 25.8 Å². The lowest BCUT2D eigenvalue weighted by atomic mass is 10.0. The zero-order chi connectivity index (χ0) is 17.4. The van der Waals surface area contributed by atoms with Crippen molar-refractivity contribution in [1.29, 1.82) is 0 Å². The van der Waals surface area contributed by atoms with Gasteiger partial charge in [-0.1, -0.05) is 18.2 Å². The molecule has 5 nitrogen and oxygen atoms in total. The number of allylic oxidation sites excluding steroid dienone is 2. The largest absolute Gasteiger partial charge is 0.484 e. The van der Waals surface area contributed by atoms with E-state index in [1.807, 2.05) is 13.8 Å². The van der Waals surface area contributed by atoms with Gasteiger partial charge in [-0.3, -0.25) is 0 Å². The molecule has 0 amide bonds. The van der Waals surface area contributed by atoms with E-state index in [9.17, 15) is 9.00 Å². The van der Waals surface area contributed by atoms with Crippen LogP contribution in [0.5, 0.6) is 5.75 Å². The van der Waals surface area contributed by atoms with Crippen molar-refractivity contribution in [2.45, 2.75) is 26.4 Å². The van der Waals surface area contributed by atoms with Crippen LogP contribution in [0.3, 0.4) is 0 Å². The molecule has 126 valence electrons. The molecule has 0 saturated carbocycles. The van der Waals surface area contributed by atoms with Gasteiger partial charge in [-0.05, 0) is 38.0 Å². The van der Waals surface area contributed by atoms with Crippen molar-refractivity contribution in [3.63, 3.8) is 0 Å². The van der Waals surface area contributed by atoms with Gasteiger partial charge in [0.1, 0.15) is 5.75 Å². The number of hydrogen-bond acceptors (Lipinski definition) is 5. The Kier molecular flexibility index (Phi) is 7.54. The van der Waals surface area contributed by atoms with Crippen molar-refractivity contribution in [1.82, 2.24) is 0 Å². The highest BCUT2D eigenvalue weighted by Crippen LogP contribution is 2.27. The fraction of sp³-hybridized carbons (Fsp3) is 0.353. The molecule has 1 rings (SSSR count). The van der Waals surface area contributed by atoms with Crippen LogP contribution in [0, 0.1) is 0 Å². The summed E-state index contributed by atoms with van der Waals surface area (Å²) in [5, 5.41) is 0. The van der Waals surface area contributed by atoms with Gasteiger partial charge in [0.15, 0.2) is 0 Å². The van der Waals surface area contributed by atoms with Crippen LogP contribution >= 0.6 is 0 Å². The van der Waals surface area contributed by atoms with Gasteiger partial charge < -0.3 is 13.7 Å². The molecule has 0 bridgehead atoms. The summed E-state index contributed by atoms with van der Waals surface area (Å²) in [4.78, 5) is 12.0. The number of carbonyl (C=O) groups is 1. The number of benzene rings is 1. The molecule has 0 fully saturated rings. The highest BCUT2D eigenvalue weighted by atomic mass is 32.2. The maximum absolute atomic E-state index is 12.0. The third kappa shape index (κ3) is 5.90. The third-order valence-electron chi connectivity index (χ3n) is 2.76. The molecular formula is C17H22O5S. The van der Waals surface area contributed by atoms with Crippen LogP contribution < -0.4 is 4.18 Å². The normalized spacial score (nSPS) is 13.1. The van der Waals surface area contributed by atoms with E-state index in [4.69, 9.17) is 13.7 Å². The predicted octanol–water partition coefficient (Wildman–Crippen LogP) is 3.24. The lowest BCUT2D eigenvalue weighted by molar-refractivity contribution is -0.140. The Bertz CT molecular complexity index is 602. The van der Waals surface area contributed by atoms with Gasteiger partial charge in [0, 0.05) is 11.8 Å². The Labute approximate surface area is 139 Å². The Balaban J connectivity index is 3.29. The van der Waals surface area contributed by atoms with Crippen molar-refractivity contribution < 1.29 is 22.7 Å². The molecule has 6 heteroatoms. The summed E-state index contributed by atoms with van der Waals surface area (Å²) < 4.78 is 26.7. The van der Waals surface area contributed by atoms with Crippen molar-refractivity contribution in [3.8, 4) is 5.75 Å². The van der Waals surface area contributed by atoms with Gasteiger partial charge in [0.05, 0.1) is 13.2 Å². The molecule has 0 spiro atoms. The van der Waals surface area contributed by atoms with Gasteiger partial charge in [0.2, 0.25) is 16.8 Å². The summed E-state index contributed by atoms with van der Waals surface area (Å²) >= 11 is -1.39. The highest BCUT2D eigenvalue weighted by molar-refractivity contribution is 7.79. The Hall–Kier alpha value is -2.08. The maximum atomic E-state index is 12.0. The van der Waals surface area contributed by atoms with Gasteiger partial charge in [-0.15, -0.1) is 6.58 Å².